The van der Waals surface area contributed by atoms with Crippen molar-refractivity contribution in [1.82, 2.24) is 4.90 Å². The van der Waals surface area contributed by atoms with E-state index in [4.69, 9.17) is 28.9 Å². The zero-order valence-corrected chi connectivity index (χ0v) is 35.6. The Labute approximate surface area is 348 Å². The summed E-state index contributed by atoms with van der Waals surface area (Å²) in [6, 6.07) is 13.4. The van der Waals surface area contributed by atoms with Gasteiger partial charge in [-0.3, -0.25) is 4.79 Å². The minimum atomic E-state index is -1.35. The van der Waals surface area contributed by atoms with Crippen molar-refractivity contribution in [2.45, 2.75) is 107 Å². The van der Waals surface area contributed by atoms with Crippen LogP contribution in [0.1, 0.15) is 90.0 Å². The summed E-state index contributed by atoms with van der Waals surface area (Å²) in [4.78, 5) is 23.8. The topological polar surface area (TPSA) is 140 Å². The smallest absolute Gasteiger partial charge is 0.239 e. The van der Waals surface area contributed by atoms with E-state index in [-0.39, 0.29) is 75.8 Å². The molecule has 58 heavy (non-hydrogen) atoms. The van der Waals surface area contributed by atoms with E-state index in [1.165, 1.54) is 0 Å². The number of aliphatic hydroxyl groups excluding tert-OH is 3. The summed E-state index contributed by atoms with van der Waals surface area (Å²) in [5, 5.41) is 34.3. The second-order valence-electron chi connectivity index (χ2n) is 16.9. The van der Waals surface area contributed by atoms with Gasteiger partial charge in [-0.05, 0) is 125 Å². The molecule has 2 fully saturated rings. The molecule has 3 N–H and O–H groups in total. The number of ether oxygens (including phenoxy) is 4. The van der Waals surface area contributed by atoms with Gasteiger partial charge < -0.3 is 44.0 Å². The van der Waals surface area contributed by atoms with Crippen LogP contribution in [0.3, 0.4) is 0 Å². The van der Waals surface area contributed by atoms with Crippen LogP contribution in [0.4, 0.5) is 0 Å². The number of carbonyl (C=O) groups excluding carboxylic acids is 1. The summed E-state index contributed by atoms with van der Waals surface area (Å²) >= 11 is 1.68. The Bertz CT molecular complexity index is 1740. The van der Waals surface area contributed by atoms with Crippen molar-refractivity contribution in [3.63, 3.8) is 0 Å². The molecular formula is C46H64N2O9S. The maximum Gasteiger partial charge on any atom is 0.239 e. The Morgan fingerprint density at radius 1 is 1.00 bits per heavy atom. The van der Waals surface area contributed by atoms with Gasteiger partial charge in [-0.2, -0.15) is 0 Å². The lowest BCUT2D eigenvalue weighted by atomic mass is 9.55. The number of hydrogen-bond donors (Lipinski definition) is 3. The Hall–Kier alpha value is -3.39. The summed E-state index contributed by atoms with van der Waals surface area (Å²) in [5.41, 5.74) is 2.17. The fraction of sp³-hybridized carbons (Fsp3) is 0.609. The van der Waals surface area contributed by atoms with E-state index < -0.39 is 23.3 Å². The van der Waals surface area contributed by atoms with Crippen molar-refractivity contribution in [3.8, 4) is 17.2 Å². The molecule has 11 nitrogen and oxygen atoms in total. The average molecular weight is 821 g/mol. The molecule has 1 aliphatic heterocycles. The molecule has 4 aliphatic rings. The van der Waals surface area contributed by atoms with Crippen molar-refractivity contribution in [1.29, 1.82) is 0 Å². The molecular weight excluding hydrogens is 757 g/mol. The molecule has 12 heteroatoms. The first-order valence-corrected chi connectivity index (χ1v) is 22.4. The highest BCUT2D eigenvalue weighted by Crippen LogP contribution is 2.62. The number of oxime groups is 1. The van der Waals surface area contributed by atoms with E-state index in [1.807, 2.05) is 68.3 Å². The van der Waals surface area contributed by atoms with E-state index in [0.29, 0.717) is 30.8 Å². The number of rotatable bonds is 22. The Morgan fingerprint density at radius 3 is 2.38 bits per heavy atom. The number of fused-ring (bicyclic) bond motifs is 2. The Morgan fingerprint density at radius 2 is 1.72 bits per heavy atom. The fourth-order valence-corrected chi connectivity index (χ4v) is 9.41. The molecule has 6 atom stereocenters. The van der Waals surface area contributed by atoms with Crippen molar-refractivity contribution >= 4 is 23.4 Å². The summed E-state index contributed by atoms with van der Waals surface area (Å²) < 4.78 is 26.8. The molecule has 1 amide bonds. The number of amides is 1. The zero-order valence-electron chi connectivity index (χ0n) is 34.8. The lowest BCUT2D eigenvalue weighted by Crippen LogP contribution is -2.70. The van der Waals surface area contributed by atoms with Crippen LogP contribution < -0.4 is 9.47 Å². The minimum absolute atomic E-state index is 0.0297. The highest BCUT2D eigenvalue weighted by molar-refractivity contribution is 7.98. The number of carbonyl (C=O) groups is 1. The Balaban J connectivity index is 1.57. The van der Waals surface area contributed by atoms with Crippen LogP contribution in [0.25, 0.3) is 0 Å². The van der Waals surface area contributed by atoms with Gasteiger partial charge in [0.15, 0.2) is 0 Å². The molecule has 3 aliphatic carbocycles. The molecule has 6 rings (SSSR count). The van der Waals surface area contributed by atoms with E-state index >= 15 is 0 Å². The van der Waals surface area contributed by atoms with E-state index in [0.717, 1.165) is 66.0 Å². The molecule has 318 valence electrons. The number of benzene rings is 2. The first kappa shape index (κ1) is 44.2. The van der Waals surface area contributed by atoms with Crippen LogP contribution >= 0.6 is 11.8 Å². The number of nitrogens with zero attached hydrogens (tertiary/aromatic N) is 2. The third-order valence-corrected chi connectivity index (χ3v) is 12.4. The molecule has 2 saturated carbocycles. The molecule has 0 spiro atoms. The normalized spacial score (nSPS) is 25.6. The average Bonchev–Trinajstić information content (AvgIpc) is 4.07. The van der Waals surface area contributed by atoms with Gasteiger partial charge in [-0.25, -0.2) is 0 Å². The van der Waals surface area contributed by atoms with Gasteiger partial charge in [0.2, 0.25) is 11.7 Å². The first-order chi connectivity index (χ1) is 28.1. The van der Waals surface area contributed by atoms with Gasteiger partial charge in [0, 0.05) is 48.5 Å². The van der Waals surface area contributed by atoms with Gasteiger partial charge in [-0.1, -0.05) is 30.1 Å². The van der Waals surface area contributed by atoms with Crippen molar-refractivity contribution in [3.05, 3.63) is 72.3 Å². The number of allylic oxidation sites excluding steroid dienone is 1. The molecule has 0 aromatic heterocycles. The lowest BCUT2D eigenvalue weighted by molar-refractivity contribution is -0.258. The van der Waals surface area contributed by atoms with Crippen LogP contribution in [0.5, 0.6) is 17.2 Å². The second kappa shape index (κ2) is 20.2. The van der Waals surface area contributed by atoms with Crippen LogP contribution in [-0.2, 0) is 19.1 Å². The highest BCUT2D eigenvalue weighted by Gasteiger charge is 2.66. The molecule has 0 radical (unpaired) electrons. The molecule has 1 heterocycles. The zero-order chi connectivity index (χ0) is 41.3. The van der Waals surface area contributed by atoms with Gasteiger partial charge in [0.25, 0.3) is 0 Å². The predicted molar refractivity (Wildman–Crippen MR) is 226 cm³/mol. The maximum absolute atomic E-state index is 14.5. The first-order valence-electron chi connectivity index (χ1n) is 21.1. The van der Waals surface area contributed by atoms with Gasteiger partial charge in [-0.15, -0.1) is 18.3 Å². The largest absolute Gasteiger partial charge is 0.459 e. The molecule has 6 unspecified atom stereocenters. The summed E-state index contributed by atoms with van der Waals surface area (Å²) in [6.07, 6.45) is 12.8. The predicted octanol–water partition coefficient (Wildman–Crippen LogP) is 7.88. The SMILES string of the molecule is C=CCOC12Oc3ccc(Oc4ccc(SC)cc4)cc3C3C(CCCCO)C(CCCCO)C=C(C(=NOC(C)(C)C)CC1N(CCOCCO)C(=O)C1CC1)C32. The fourth-order valence-electron chi connectivity index (χ4n) is 9.00. The molecule has 0 saturated heterocycles. The van der Waals surface area contributed by atoms with Crippen LogP contribution in [0, 0.1) is 23.7 Å². The van der Waals surface area contributed by atoms with Crippen molar-refractivity contribution in [2.24, 2.45) is 28.8 Å². The van der Waals surface area contributed by atoms with Crippen molar-refractivity contribution < 1.29 is 43.9 Å². The standard InChI is InChI=1S/C46H64N2O9S/c1-6-25-54-46-41(48(21-26-53-27-24-51)44(52)31-13-14-31)30-39(47-57-45(2,3)4)37-28-32(11-7-9-22-49)36(12-8-10-23-50)42(43(37)46)38-29-34(17-20-40(38)56-46)55-33-15-18-35(58-5)19-16-33/h6,15-20,28-29,31-32,36,41-43,49-51H,1,7-14,21-27,30H2,2-5H3. The lowest BCUT2D eigenvalue weighted by Gasteiger charge is -2.60. The van der Waals surface area contributed by atoms with Crippen LogP contribution in [0.2, 0.25) is 0 Å². The van der Waals surface area contributed by atoms with Crippen LogP contribution in [-0.4, -0.2) is 102 Å². The number of hydrogen-bond acceptors (Lipinski definition) is 11. The molecule has 2 aromatic rings. The van der Waals surface area contributed by atoms with Crippen molar-refractivity contribution in [2.75, 3.05) is 52.4 Å². The van der Waals surface area contributed by atoms with E-state index in [1.54, 1.807) is 17.8 Å². The molecule has 0 bridgehead atoms. The van der Waals surface area contributed by atoms with E-state index in [2.05, 4.69) is 18.7 Å². The summed E-state index contributed by atoms with van der Waals surface area (Å²) in [5.74, 6) is 0.292. The summed E-state index contributed by atoms with van der Waals surface area (Å²) in [6.45, 7) is 10.9. The molecule has 2 aromatic carbocycles. The minimum Gasteiger partial charge on any atom is -0.459 e. The van der Waals surface area contributed by atoms with Gasteiger partial charge >= 0.3 is 0 Å². The van der Waals surface area contributed by atoms with Crippen LogP contribution in [0.15, 0.2) is 76.8 Å². The maximum atomic E-state index is 14.5. The second-order valence-corrected chi connectivity index (χ2v) is 17.8. The number of unbranched alkanes of at least 4 members (excludes halogenated alkanes) is 2. The highest BCUT2D eigenvalue weighted by atomic mass is 32.2. The monoisotopic (exact) mass is 820 g/mol. The van der Waals surface area contributed by atoms with Gasteiger partial charge in [0.05, 0.1) is 38.1 Å². The summed E-state index contributed by atoms with van der Waals surface area (Å²) in [7, 11) is 0. The van der Waals surface area contributed by atoms with Gasteiger partial charge in [0.1, 0.15) is 28.9 Å². The van der Waals surface area contributed by atoms with E-state index in [9.17, 15) is 20.1 Å². The third kappa shape index (κ3) is 10.3. The number of thioether (sulfide) groups is 1. The Kier molecular flexibility index (Phi) is 15.4. The number of aliphatic hydroxyl groups is 3. The third-order valence-electron chi connectivity index (χ3n) is 11.7. The quantitative estimate of drug-likeness (QED) is 0.0466.